The highest BCUT2D eigenvalue weighted by Crippen LogP contribution is 2.19. The first-order chi connectivity index (χ1) is 12.4. The van der Waals surface area contributed by atoms with Crippen molar-refractivity contribution in [2.75, 3.05) is 7.05 Å². The van der Waals surface area contributed by atoms with E-state index in [1.807, 2.05) is 30.3 Å². The van der Waals surface area contributed by atoms with E-state index in [1.165, 1.54) is 0 Å². The zero-order valence-corrected chi connectivity index (χ0v) is 16.3. The summed E-state index contributed by atoms with van der Waals surface area (Å²) in [6, 6.07) is 14.1. The highest BCUT2D eigenvalue weighted by atomic mass is 35.5. The fourth-order valence-corrected chi connectivity index (χ4v) is 3.02. The topological polar surface area (TPSA) is 49.4 Å². The van der Waals surface area contributed by atoms with Crippen LogP contribution in [0.2, 0.25) is 10.0 Å². The number of hydrogen-bond acceptors (Lipinski definition) is 2. The van der Waals surface area contributed by atoms with E-state index in [9.17, 15) is 9.59 Å². The van der Waals surface area contributed by atoms with Gasteiger partial charge in [-0.25, -0.2) is 0 Å². The van der Waals surface area contributed by atoms with Crippen molar-refractivity contribution >= 4 is 35.0 Å². The minimum absolute atomic E-state index is 0.101. The molecule has 2 aromatic rings. The van der Waals surface area contributed by atoms with Crippen molar-refractivity contribution < 1.29 is 9.59 Å². The largest absolute Gasteiger partial charge is 0.357 e. The molecule has 138 valence electrons. The summed E-state index contributed by atoms with van der Waals surface area (Å²) in [6.45, 7) is 2.06. The smallest absolute Gasteiger partial charge is 0.242 e. The number of nitrogens with one attached hydrogen (secondary N) is 1. The minimum atomic E-state index is -0.575. The molecule has 0 saturated carbocycles. The molecule has 4 nitrogen and oxygen atoms in total. The van der Waals surface area contributed by atoms with Crippen molar-refractivity contribution in [2.24, 2.45) is 0 Å². The Hall–Kier alpha value is -2.04. The number of amides is 2. The van der Waals surface area contributed by atoms with Crippen LogP contribution in [0.1, 0.15) is 24.5 Å². The van der Waals surface area contributed by atoms with Crippen LogP contribution in [-0.2, 0) is 22.6 Å². The first-order valence-electron chi connectivity index (χ1n) is 8.41. The first-order valence-corrected chi connectivity index (χ1v) is 9.17. The lowest BCUT2D eigenvalue weighted by atomic mass is 10.1. The molecule has 1 N–H and O–H groups in total. The first kappa shape index (κ1) is 20.3. The molecular weight excluding hydrogens is 371 g/mol. The van der Waals surface area contributed by atoms with Crippen molar-refractivity contribution in [3.63, 3.8) is 0 Å². The van der Waals surface area contributed by atoms with Gasteiger partial charge in [-0.2, -0.15) is 0 Å². The number of nitrogens with zero attached hydrogens (tertiary/aromatic N) is 1. The van der Waals surface area contributed by atoms with Crippen LogP contribution in [0.4, 0.5) is 0 Å². The van der Waals surface area contributed by atoms with Crippen LogP contribution in [0.25, 0.3) is 0 Å². The average Bonchev–Trinajstić information content (AvgIpc) is 2.65. The second kappa shape index (κ2) is 9.60. The highest BCUT2D eigenvalue weighted by molar-refractivity contribution is 6.31. The zero-order chi connectivity index (χ0) is 19.1. The van der Waals surface area contributed by atoms with E-state index in [-0.39, 0.29) is 18.2 Å². The van der Waals surface area contributed by atoms with Crippen LogP contribution < -0.4 is 5.32 Å². The van der Waals surface area contributed by atoms with E-state index in [2.05, 4.69) is 5.32 Å². The van der Waals surface area contributed by atoms with Crippen LogP contribution in [0.5, 0.6) is 0 Å². The molecule has 0 spiro atoms. The van der Waals surface area contributed by atoms with E-state index >= 15 is 0 Å². The van der Waals surface area contributed by atoms with Gasteiger partial charge in [0.1, 0.15) is 6.04 Å². The number of halogens is 2. The second-order valence-corrected chi connectivity index (χ2v) is 6.87. The standard InChI is InChI=1S/C20H22Cl2N2O2/c1-14(20(26)23-2)24(13-15-7-10-17(21)11-8-15)19(25)12-9-16-5-3-4-6-18(16)22/h3-8,10-11,14H,9,12-13H2,1-2H3,(H,23,26)/t14-/m0/s1. The van der Waals surface area contributed by atoms with Gasteiger partial charge in [0.05, 0.1) is 0 Å². The zero-order valence-electron chi connectivity index (χ0n) is 14.8. The normalized spacial score (nSPS) is 11.7. The summed E-state index contributed by atoms with van der Waals surface area (Å²) >= 11 is 12.1. The van der Waals surface area contributed by atoms with Crippen LogP contribution in [0.15, 0.2) is 48.5 Å². The Bertz CT molecular complexity index is 763. The predicted octanol–water partition coefficient (Wildman–Crippen LogP) is 4.09. The molecule has 6 heteroatoms. The molecule has 0 fully saturated rings. The molecule has 1 atom stereocenters. The molecule has 2 amide bonds. The summed E-state index contributed by atoms with van der Waals surface area (Å²) in [6.07, 6.45) is 0.800. The molecule has 0 bridgehead atoms. The SMILES string of the molecule is CNC(=O)[C@H](C)N(Cc1ccc(Cl)cc1)C(=O)CCc1ccccc1Cl. The third kappa shape index (κ3) is 5.48. The van der Waals surface area contributed by atoms with Gasteiger partial charge < -0.3 is 10.2 Å². The summed E-state index contributed by atoms with van der Waals surface area (Å²) in [7, 11) is 1.56. The van der Waals surface area contributed by atoms with Crippen molar-refractivity contribution in [3.8, 4) is 0 Å². The molecular formula is C20H22Cl2N2O2. The Kier molecular flexibility index (Phi) is 7.49. The lowest BCUT2D eigenvalue weighted by Crippen LogP contribution is -2.46. The number of benzene rings is 2. The maximum Gasteiger partial charge on any atom is 0.242 e. The Morgan fingerprint density at radius 1 is 1.08 bits per heavy atom. The lowest BCUT2D eigenvalue weighted by molar-refractivity contribution is -0.140. The summed E-state index contributed by atoms with van der Waals surface area (Å²) in [5.74, 6) is -0.305. The molecule has 2 rings (SSSR count). The molecule has 0 aliphatic rings. The van der Waals surface area contributed by atoms with Gasteiger partial charge in [0.2, 0.25) is 11.8 Å². The highest BCUT2D eigenvalue weighted by Gasteiger charge is 2.25. The van der Waals surface area contributed by atoms with Gasteiger partial charge in [0.15, 0.2) is 0 Å². The van der Waals surface area contributed by atoms with Crippen molar-refractivity contribution in [2.45, 2.75) is 32.4 Å². The number of carbonyl (C=O) groups excluding carboxylic acids is 2. The Labute approximate surface area is 164 Å². The molecule has 2 aromatic carbocycles. The van der Waals surface area contributed by atoms with Crippen molar-refractivity contribution in [1.82, 2.24) is 10.2 Å². The van der Waals surface area contributed by atoms with Crippen LogP contribution in [0, 0.1) is 0 Å². The Balaban J connectivity index is 2.13. The van der Waals surface area contributed by atoms with E-state index < -0.39 is 6.04 Å². The summed E-state index contributed by atoms with van der Waals surface area (Å²) in [5, 5.41) is 3.87. The number of aryl methyl sites for hydroxylation is 1. The molecule has 0 heterocycles. The molecule has 0 aromatic heterocycles. The fraction of sp³-hybridized carbons (Fsp3) is 0.300. The Morgan fingerprint density at radius 2 is 1.73 bits per heavy atom. The average molecular weight is 393 g/mol. The third-order valence-electron chi connectivity index (χ3n) is 4.25. The fourth-order valence-electron chi connectivity index (χ4n) is 2.66. The maximum atomic E-state index is 12.8. The number of carbonyl (C=O) groups is 2. The van der Waals surface area contributed by atoms with E-state index in [0.717, 1.165) is 11.1 Å². The van der Waals surface area contributed by atoms with Gasteiger partial charge >= 0.3 is 0 Å². The maximum absolute atomic E-state index is 12.8. The van der Waals surface area contributed by atoms with Crippen molar-refractivity contribution in [1.29, 1.82) is 0 Å². The second-order valence-electron chi connectivity index (χ2n) is 6.03. The number of rotatable bonds is 7. The molecule has 26 heavy (non-hydrogen) atoms. The van der Waals surface area contributed by atoms with Crippen LogP contribution in [0.3, 0.4) is 0 Å². The minimum Gasteiger partial charge on any atom is -0.357 e. The monoisotopic (exact) mass is 392 g/mol. The van der Waals surface area contributed by atoms with Gasteiger partial charge in [0, 0.05) is 30.1 Å². The van der Waals surface area contributed by atoms with Crippen LogP contribution >= 0.6 is 23.2 Å². The number of likely N-dealkylation sites (N-methyl/N-ethyl adjacent to an activating group) is 1. The van der Waals surface area contributed by atoms with Gasteiger partial charge in [-0.1, -0.05) is 53.5 Å². The molecule has 0 aliphatic carbocycles. The van der Waals surface area contributed by atoms with E-state index in [1.54, 1.807) is 37.1 Å². The van der Waals surface area contributed by atoms with Crippen LogP contribution in [-0.4, -0.2) is 29.8 Å². The molecule has 0 aliphatic heterocycles. The van der Waals surface area contributed by atoms with Gasteiger partial charge in [0.25, 0.3) is 0 Å². The summed E-state index contributed by atoms with van der Waals surface area (Å²) < 4.78 is 0. The molecule has 0 saturated heterocycles. The van der Waals surface area contributed by atoms with Gasteiger partial charge in [-0.3, -0.25) is 9.59 Å². The summed E-state index contributed by atoms with van der Waals surface area (Å²) in [4.78, 5) is 26.5. The predicted molar refractivity (Wildman–Crippen MR) is 105 cm³/mol. The van der Waals surface area contributed by atoms with Gasteiger partial charge in [-0.05, 0) is 42.7 Å². The quantitative estimate of drug-likeness (QED) is 0.771. The number of hydrogen-bond donors (Lipinski definition) is 1. The Morgan fingerprint density at radius 3 is 2.35 bits per heavy atom. The van der Waals surface area contributed by atoms with Crippen molar-refractivity contribution in [3.05, 3.63) is 69.7 Å². The molecule has 0 radical (unpaired) electrons. The lowest BCUT2D eigenvalue weighted by Gasteiger charge is -2.28. The molecule has 0 unspecified atom stereocenters. The van der Waals surface area contributed by atoms with Gasteiger partial charge in [-0.15, -0.1) is 0 Å². The van der Waals surface area contributed by atoms with E-state index in [0.29, 0.717) is 23.0 Å². The summed E-state index contributed by atoms with van der Waals surface area (Å²) in [5.41, 5.74) is 1.83. The van der Waals surface area contributed by atoms with E-state index in [4.69, 9.17) is 23.2 Å². The third-order valence-corrected chi connectivity index (χ3v) is 4.87.